The van der Waals surface area contributed by atoms with Gasteiger partial charge in [0.15, 0.2) is 0 Å². The first kappa shape index (κ1) is 11.5. The Bertz CT molecular complexity index is 328. The lowest BCUT2D eigenvalue weighted by atomic mass is 10.2. The molecule has 4 heteroatoms. The molecule has 1 aromatic heterocycles. The number of carbonyl (C=O) groups is 1. The quantitative estimate of drug-likeness (QED) is 0.741. The minimum Gasteiger partial charge on any atom is -0.351 e. The third-order valence-electron chi connectivity index (χ3n) is 2.08. The van der Waals surface area contributed by atoms with E-state index in [9.17, 15) is 4.79 Å². The second kappa shape index (κ2) is 6.01. The number of nitrogens with zero attached hydrogens (tertiary/aromatic N) is 2. The predicted molar refractivity (Wildman–Crippen MR) is 59.3 cm³/mol. The molecule has 1 N–H and O–H groups in total. The standard InChI is InChI=1S/C11H17N3O/c1-3-4-10(2)11(15)13-6-8-14-7-5-12-9-14/h4-5,7,9H,3,6,8H2,1-2H3,(H,13,15)/b10-4+. The van der Waals surface area contributed by atoms with E-state index in [0.717, 1.165) is 18.5 Å². The normalized spacial score (nSPS) is 11.5. The molecule has 1 aromatic rings. The monoisotopic (exact) mass is 207 g/mol. The Balaban J connectivity index is 2.26. The number of aromatic nitrogens is 2. The minimum absolute atomic E-state index is 0.0111. The Hall–Kier alpha value is -1.58. The molecule has 1 amide bonds. The summed E-state index contributed by atoms with van der Waals surface area (Å²) in [6.07, 6.45) is 8.15. The fraction of sp³-hybridized carbons (Fsp3) is 0.455. The van der Waals surface area contributed by atoms with E-state index in [-0.39, 0.29) is 5.91 Å². The van der Waals surface area contributed by atoms with Crippen LogP contribution in [0, 0.1) is 0 Å². The average Bonchev–Trinajstić information content (AvgIpc) is 2.71. The summed E-state index contributed by atoms with van der Waals surface area (Å²) in [4.78, 5) is 15.4. The lowest BCUT2D eigenvalue weighted by Gasteiger charge is -2.05. The first-order chi connectivity index (χ1) is 7.24. The van der Waals surface area contributed by atoms with Crippen LogP contribution in [0.3, 0.4) is 0 Å². The fourth-order valence-electron chi connectivity index (χ4n) is 1.26. The lowest BCUT2D eigenvalue weighted by molar-refractivity contribution is -0.117. The van der Waals surface area contributed by atoms with Gasteiger partial charge >= 0.3 is 0 Å². The van der Waals surface area contributed by atoms with Gasteiger partial charge in [0.1, 0.15) is 0 Å². The van der Waals surface area contributed by atoms with Gasteiger partial charge in [-0.2, -0.15) is 0 Å². The van der Waals surface area contributed by atoms with Gasteiger partial charge in [0, 0.05) is 31.1 Å². The van der Waals surface area contributed by atoms with Crippen LogP contribution in [0.25, 0.3) is 0 Å². The summed E-state index contributed by atoms with van der Waals surface area (Å²) in [6.45, 7) is 5.23. The van der Waals surface area contributed by atoms with Gasteiger partial charge in [0.25, 0.3) is 0 Å². The van der Waals surface area contributed by atoms with Gasteiger partial charge in [-0.1, -0.05) is 13.0 Å². The first-order valence-corrected chi connectivity index (χ1v) is 5.14. The minimum atomic E-state index is 0.0111. The zero-order valence-corrected chi connectivity index (χ0v) is 9.23. The number of carbonyl (C=O) groups excluding carboxylic acids is 1. The molecule has 4 nitrogen and oxygen atoms in total. The topological polar surface area (TPSA) is 46.9 Å². The highest BCUT2D eigenvalue weighted by atomic mass is 16.1. The zero-order valence-electron chi connectivity index (χ0n) is 9.23. The van der Waals surface area contributed by atoms with E-state index in [4.69, 9.17) is 0 Å². The van der Waals surface area contributed by atoms with Crippen LogP contribution in [-0.4, -0.2) is 22.0 Å². The summed E-state index contributed by atoms with van der Waals surface area (Å²) in [5, 5.41) is 2.85. The van der Waals surface area contributed by atoms with Crippen molar-refractivity contribution in [3.05, 3.63) is 30.4 Å². The van der Waals surface area contributed by atoms with E-state index < -0.39 is 0 Å². The Labute approximate surface area is 90.0 Å². The van der Waals surface area contributed by atoms with Crippen molar-refractivity contribution in [3.8, 4) is 0 Å². The van der Waals surface area contributed by atoms with Crippen molar-refractivity contribution in [2.24, 2.45) is 0 Å². The summed E-state index contributed by atoms with van der Waals surface area (Å²) in [5.41, 5.74) is 0.781. The Morgan fingerprint density at radius 3 is 3.00 bits per heavy atom. The van der Waals surface area contributed by atoms with Crippen molar-refractivity contribution in [2.75, 3.05) is 6.54 Å². The van der Waals surface area contributed by atoms with Gasteiger partial charge in [-0.25, -0.2) is 4.98 Å². The number of nitrogens with one attached hydrogen (secondary N) is 1. The number of hydrogen-bond acceptors (Lipinski definition) is 2. The van der Waals surface area contributed by atoms with Gasteiger partial charge in [-0.05, 0) is 13.3 Å². The maximum atomic E-state index is 11.5. The van der Waals surface area contributed by atoms with Crippen LogP contribution in [0.4, 0.5) is 0 Å². The van der Waals surface area contributed by atoms with Crippen LogP contribution in [0.1, 0.15) is 20.3 Å². The van der Waals surface area contributed by atoms with Crippen LogP contribution in [0.15, 0.2) is 30.4 Å². The van der Waals surface area contributed by atoms with Gasteiger partial charge in [-0.3, -0.25) is 4.79 Å². The van der Waals surface area contributed by atoms with Crippen LogP contribution in [0.5, 0.6) is 0 Å². The predicted octanol–water partition coefficient (Wildman–Crippen LogP) is 1.36. The van der Waals surface area contributed by atoms with Gasteiger partial charge in [-0.15, -0.1) is 0 Å². The Morgan fingerprint density at radius 2 is 2.40 bits per heavy atom. The lowest BCUT2D eigenvalue weighted by Crippen LogP contribution is -2.27. The third-order valence-corrected chi connectivity index (χ3v) is 2.08. The molecule has 0 saturated heterocycles. The molecule has 82 valence electrons. The molecule has 0 radical (unpaired) electrons. The number of rotatable bonds is 5. The highest BCUT2D eigenvalue weighted by molar-refractivity contribution is 5.92. The molecule has 1 heterocycles. The highest BCUT2D eigenvalue weighted by Crippen LogP contribution is 1.94. The van der Waals surface area contributed by atoms with Crippen molar-refractivity contribution >= 4 is 5.91 Å². The molecule has 0 atom stereocenters. The molecule has 0 aliphatic heterocycles. The average molecular weight is 207 g/mol. The SMILES string of the molecule is CC/C=C(\C)C(=O)NCCn1ccnc1. The van der Waals surface area contributed by atoms with Crippen molar-refractivity contribution in [2.45, 2.75) is 26.8 Å². The number of allylic oxidation sites excluding steroid dienone is 1. The zero-order chi connectivity index (χ0) is 11.1. The molecule has 0 fully saturated rings. The van der Waals surface area contributed by atoms with Crippen LogP contribution in [0.2, 0.25) is 0 Å². The van der Waals surface area contributed by atoms with Gasteiger partial charge in [0.05, 0.1) is 6.33 Å². The van der Waals surface area contributed by atoms with E-state index in [1.807, 2.05) is 30.7 Å². The second-order valence-corrected chi connectivity index (χ2v) is 3.35. The van der Waals surface area contributed by atoms with Crippen molar-refractivity contribution in [1.82, 2.24) is 14.9 Å². The molecule has 0 saturated carbocycles. The molecule has 1 rings (SSSR count). The van der Waals surface area contributed by atoms with E-state index in [1.54, 1.807) is 12.5 Å². The third kappa shape index (κ3) is 3.97. The smallest absolute Gasteiger partial charge is 0.246 e. The van der Waals surface area contributed by atoms with E-state index >= 15 is 0 Å². The maximum Gasteiger partial charge on any atom is 0.246 e. The van der Waals surface area contributed by atoms with Crippen LogP contribution >= 0.6 is 0 Å². The Morgan fingerprint density at radius 1 is 1.60 bits per heavy atom. The largest absolute Gasteiger partial charge is 0.351 e. The molecule has 0 aromatic carbocycles. The first-order valence-electron chi connectivity index (χ1n) is 5.14. The summed E-state index contributed by atoms with van der Waals surface area (Å²) in [7, 11) is 0. The van der Waals surface area contributed by atoms with Gasteiger partial charge < -0.3 is 9.88 Å². The summed E-state index contributed by atoms with van der Waals surface area (Å²) in [6, 6.07) is 0. The van der Waals surface area contributed by atoms with Crippen molar-refractivity contribution < 1.29 is 4.79 Å². The molecule has 0 unspecified atom stereocenters. The van der Waals surface area contributed by atoms with Crippen molar-refractivity contribution in [1.29, 1.82) is 0 Å². The molecule has 15 heavy (non-hydrogen) atoms. The Kier molecular flexibility index (Phi) is 4.60. The van der Waals surface area contributed by atoms with Crippen molar-refractivity contribution in [3.63, 3.8) is 0 Å². The number of imidazole rings is 1. The summed E-state index contributed by atoms with van der Waals surface area (Å²) < 4.78 is 1.93. The second-order valence-electron chi connectivity index (χ2n) is 3.35. The maximum absolute atomic E-state index is 11.5. The molecule has 0 aliphatic carbocycles. The molecular formula is C11H17N3O. The fourth-order valence-corrected chi connectivity index (χ4v) is 1.26. The van der Waals surface area contributed by atoms with E-state index in [0.29, 0.717) is 6.54 Å². The molecule has 0 bridgehead atoms. The number of amides is 1. The number of hydrogen-bond donors (Lipinski definition) is 1. The summed E-state index contributed by atoms with van der Waals surface area (Å²) >= 11 is 0. The highest BCUT2D eigenvalue weighted by Gasteiger charge is 2.01. The molecule has 0 spiro atoms. The molecule has 0 aliphatic rings. The van der Waals surface area contributed by atoms with E-state index in [1.165, 1.54) is 0 Å². The molecular weight excluding hydrogens is 190 g/mol. The summed E-state index contributed by atoms with van der Waals surface area (Å²) in [5.74, 6) is 0.0111. The van der Waals surface area contributed by atoms with Crippen LogP contribution < -0.4 is 5.32 Å². The van der Waals surface area contributed by atoms with E-state index in [2.05, 4.69) is 10.3 Å². The van der Waals surface area contributed by atoms with Crippen LogP contribution in [-0.2, 0) is 11.3 Å². The van der Waals surface area contributed by atoms with Gasteiger partial charge in [0.2, 0.25) is 5.91 Å².